The van der Waals surface area contributed by atoms with Gasteiger partial charge in [0.2, 0.25) is 11.8 Å². The number of rotatable bonds is 7. The highest BCUT2D eigenvalue weighted by Gasteiger charge is 2.17. The van der Waals surface area contributed by atoms with Crippen molar-refractivity contribution in [3.63, 3.8) is 0 Å². The van der Waals surface area contributed by atoms with Gasteiger partial charge < -0.3 is 16.4 Å². The third kappa shape index (κ3) is 5.74. The summed E-state index contributed by atoms with van der Waals surface area (Å²) in [6.07, 6.45) is 0.245. The topological polar surface area (TPSA) is 125 Å². The molecule has 7 nitrogen and oxygen atoms in total. The number of primary amides is 1. The van der Waals surface area contributed by atoms with Gasteiger partial charge in [-0.1, -0.05) is 18.2 Å². The van der Waals surface area contributed by atoms with Gasteiger partial charge in [0.1, 0.15) is 6.04 Å². The van der Waals surface area contributed by atoms with Crippen molar-refractivity contribution < 1.29 is 14.4 Å². The van der Waals surface area contributed by atoms with Crippen LogP contribution in [0.3, 0.4) is 0 Å². The van der Waals surface area contributed by atoms with Crippen LogP contribution in [-0.4, -0.2) is 30.3 Å². The van der Waals surface area contributed by atoms with Crippen LogP contribution in [0, 0.1) is 11.3 Å². The van der Waals surface area contributed by atoms with Gasteiger partial charge in [0, 0.05) is 12.0 Å². The first-order valence-electron chi connectivity index (χ1n) is 6.33. The minimum Gasteiger partial charge on any atom is -0.368 e. The van der Waals surface area contributed by atoms with Crippen molar-refractivity contribution in [2.75, 3.05) is 6.54 Å². The fourth-order valence-electron chi connectivity index (χ4n) is 1.59. The first-order chi connectivity index (χ1) is 10.0. The molecule has 1 aromatic rings. The standard InChI is InChI=1S/C14H16N4O3/c15-8-4-7-11(13(16)20)18-12(19)9-17-14(21)10-5-2-1-3-6-10/h1-3,5-6,11H,4,7,9H2,(H2,16,20)(H,17,21)(H,18,19)/t11-/m1/s1. The number of nitriles is 1. The normalized spacial score (nSPS) is 11.0. The van der Waals surface area contributed by atoms with E-state index in [0.717, 1.165) is 0 Å². The molecule has 1 rings (SSSR count). The lowest BCUT2D eigenvalue weighted by atomic mass is 10.1. The van der Waals surface area contributed by atoms with E-state index < -0.39 is 23.8 Å². The number of carbonyl (C=O) groups is 3. The second-order valence-corrected chi connectivity index (χ2v) is 4.27. The quantitative estimate of drug-likeness (QED) is 0.636. The summed E-state index contributed by atoms with van der Waals surface area (Å²) in [5.74, 6) is -1.65. The van der Waals surface area contributed by atoms with Gasteiger partial charge in [0.25, 0.3) is 5.91 Å². The molecule has 7 heteroatoms. The SMILES string of the molecule is N#CCC[C@@H](NC(=O)CNC(=O)c1ccccc1)C(N)=O. The number of amides is 3. The van der Waals surface area contributed by atoms with Gasteiger partial charge in [0.15, 0.2) is 0 Å². The molecule has 0 radical (unpaired) electrons. The fraction of sp³-hybridized carbons (Fsp3) is 0.286. The van der Waals surface area contributed by atoms with E-state index in [1.165, 1.54) is 0 Å². The molecular formula is C14H16N4O3. The Kier molecular flexibility index (Phi) is 6.41. The molecule has 0 spiro atoms. The molecule has 3 amide bonds. The Labute approximate surface area is 122 Å². The molecule has 0 aromatic heterocycles. The molecule has 4 N–H and O–H groups in total. The number of nitrogens with two attached hydrogens (primary N) is 1. The number of nitrogens with zero attached hydrogens (tertiary/aromatic N) is 1. The van der Waals surface area contributed by atoms with Crippen LogP contribution >= 0.6 is 0 Å². The number of hydrogen-bond donors (Lipinski definition) is 3. The van der Waals surface area contributed by atoms with Crippen LogP contribution in [0.15, 0.2) is 30.3 Å². The van der Waals surface area contributed by atoms with Crippen LogP contribution in [0.2, 0.25) is 0 Å². The van der Waals surface area contributed by atoms with Crippen LogP contribution in [-0.2, 0) is 9.59 Å². The Hall–Kier alpha value is -2.88. The molecule has 0 unspecified atom stereocenters. The summed E-state index contributed by atoms with van der Waals surface area (Å²) in [4.78, 5) is 34.5. The zero-order chi connectivity index (χ0) is 15.7. The van der Waals surface area contributed by atoms with E-state index in [2.05, 4.69) is 10.6 Å². The molecule has 21 heavy (non-hydrogen) atoms. The van der Waals surface area contributed by atoms with Gasteiger partial charge in [-0.2, -0.15) is 5.26 Å². The highest BCUT2D eigenvalue weighted by molar-refractivity contribution is 5.97. The maximum atomic E-state index is 11.7. The van der Waals surface area contributed by atoms with E-state index in [1.807, 2.05) is 6.07 Å². The van der Waals surface area contributed by atoms with Crippen LogP contribution < -0.4 is 16.4 Å². The zero-order valence-electron chi connectivity index (χ0n) is 11.3. The first kappa shape index (κ1) is 16.2. The minimum absolute atomic E-state index is 0.101. The second-order valence-electron chi connectivity index (χ2n) is 4.27. The van der Waals surface area contributed by atoms with E-state index in [-0.39, 0.29) is 19.4 Å². The summed E-state index contributed by atoms with van der Waals surface area (Å²) < 4.78 is 0. The summed E-state index contributed by atoms with van der Waals surface area (Å²) in [5, 5.41) is 13.3. The Bertz CT molecular complexity index is 551. The van der Waals surface area contributed by atoms with Gasteiger partial charge in [0.05, 0.1) is 12.6 Å². The third-order valence-corrected chi connectivity index (χ3v) is 2.67. The minimum atomic E-state index is -0.911. The van der Waals surface area contributed by atoms with Gasteiger partial charge in [-0.05, 0) is 18.6 Å². The van der Waals surface area contributed by atoms with E-state index in [9.17, 15) is 14.4 Å². The predicted octanol–water partition coefficient (Wildman–Crippen LogP) is -0.310. The van der Waals surface area contributed by atoms with Gasteiger partial charge in [-0.15, -0.1) is 0 Å². The van der Waals surface area contributed by atoms with Crippen molar-refractivity contribution in [1.29, 1.82) is 5.26 Å². The number of benzene rings is 1. The summed E-state index contributed by atoms with van der Waals surface area (Å²) >= 11 is 0. The van der Waals surface area contributed by atoms with Gasteiger partial charge in [-0.25, -0.2) is 0 Å². The molecule has 0 heterocycles. The van der Waals surface area contributed by atoms with Crippen molar-refractivity contribution in [3.8, 4) is 6.07 Å². The maximum Gasteiger partial charge on any atom is 0.251 e. The van der Waals surface area contributed by atoms with E-state index >= 15 is 0 Å². The van der Waals surface area contributed by atoms with Crippen LogP contribution in [0.5, 0.6) is 0 Å². The Morgan fingerprint density at radius 2 is 1.90 bits per heavy atom. The van der Waals surface area contributed by atoms with Crippen molar-refractivity contribution in [2.24, 2.45) is 5.73 Å². The summed E-state index contributed by atoms with van der Waals surface area (Å²) in [7, 11) is 0. The number of nitrogens with one attached hydrogen (secondary N) is 2. The van der Waals surface area contributed by atoms with Crippen molar-refractivity contribution in [1.82, 2.24) is 10.6 Å². The Morgan fingerprint density at radius 1 is 1.24 bits per heavy atom. The number of carbonyl (C=O) groups excluding carboxylic acids is 3. The molecule has 0 fully saturated rings. The molecule has 0 saturated carbocycles. The van der Waals surface area contributed by atoms with Gasteiger partial charge >= 0.3 is 0 Å². The van der Waals surface area contributed by atoms with E-state index in [4.69, 9.17) is 11.0 Å². The van der Waals surface area contributed by atoms with Crippen LogP contribution in [0.4, 0.5) is 0 Å². The zero-order valence-corrected chi connectivity index (χ0v) is 11.3. The first-order valence-corrected chi connectivity index (χ1v) is 6.33. The average molecular weight is 288 g/mol. The summed E-state index contributed by atoms with van der Waals surface area (Å²) in [5.41, 5.74) is 5.55. The Morgan fingerprint density at radius 3 is 2.48 bits per heavy atom. The molecular weight excluding hydrogens is 272 g/mol. The second kappa shape index (κ2) is 8.32. The lowest BCUT2D eigenvalue weighted by Crippen LogP contribution is -2.47. The molecule has 0 aliphatic carbocycles. The smallest absolute Gasteiger partial charge is 0.251 e. The predicted molar refractivity (Wildman–Crippen MR) is 74.7 cm³/mol. The molecule has 0 aliphatic heterocycles. The highest BCUT2D eigenvalue weighted by atomic mass is 16.2. The van der Waals surface area contributed by atoms with Crippen LogP contribution in [0.1, 0.15) is 23.2 Å². The maximum absolute atomic E-state index is 11.7. The Balaban J connectivity index is 2.44. The van der Waals surface area contributed by atoms with Crippen molar-refractivity contribution in [2.45, 2.75) is 18.9 Å². The molecule has 110 valence electrons. The third-order valence-electron chi connectivity index (χ3n) is 2.67. The van der Waals surface area contributed by atoms with E-state index in [1.54, 1.807) is 30.3 Å². The largest absolute Gasteiger partial charge is 0.368 e. The summed E-state index contributed by atoms with van der Waals surface area (Å²) in [6.45, 7) is -0.274. The summed E-state index contributed by atoms with van der Waals surface area (Å²) in [6, 6.07) is 9.38. The monoisotopic (exact) mass is 288 g/mol. The lowest BCUT2D eigenvalue weighted by molar-refractivity contribution is -0.126. The van der Waals surface area contributed by atoms with E-state index in [0.29, 0.717) is 5.56 Å². The molecule has 0 bridgehead atoms. The van der Waals surface area contributed by atoms with Gasteiger partial charge in [-0.3, -0.25) is 14.4 Å². The fourth-order valence-corrected chi connectivity index (χ4v) is 1.59. The lowest BCUT2D eigenvalue weighted by Gasteiger charge is -2.14. The molecule has 0 aliphatic rings. The number of hydrogen-bond acceptors (Lipinski definition) is 4. The molecule has 1 atom stereocenters. The van der Waals surface area contributed by atoms with Crippen molar-refractivity contribution >= 4 is 17.7 Å². The molecule has 0 saturated heterocycles. The average Bonchev–Trinajstić information content (AvgIpc) is 2.49. The molecule has 1 aromatic carbocycles. The highest BCUT2D eigenvalue weighted by Crippen LogP contribution is 1.98. The van der Waals surface area contributed by atoms with Crippen LogP contribution in [0.25, 0.3) is 0 Å². The van der Waals surface area contributed by atoms with Crippen molar-refractivity contribution in [3.05, 3.63) is 35.9 Å².